The zero-order chi connectivity index (χ0) is 14.8. The van der Waals surface area contributed by atoms with Gasteiger partial charge in [0.25, 0.3) is 0 Å². The van der Waals surface area contributed by atoms with E-state index in [1.807, 2.05) is 0 Å². The zero-order valence-electron chi connectivity index (χ0n) is 10.9. The van der Waals surface area contributed by atoms with Crippen LogP contribution in [-0.4, -0.2) is 32.6 Å². The van der Waals surface area contributed by atoms with Gasteiger partial charge in [-0.05, 0) is 24.3 Å². The number of nitrogens with zero attached hydrogens (tertiary/aromatic N) is 2. The second-order valence-corrected chi connectivity index (χ2v) is 5.70. The molecule has 2 aromatic rings. The molecule has 0 aliphatic heterocycles. The molecule has 1 aromatic carbocycles. The van der Waals surface area contributed by atoms with Crippen LogP contribution in [0.15, 0.2) is 40.3 Å². The van der Waals surface area contributed by atoms with Crippen molar-refractivity contribution < 1.29 is 17.9 Å². The van der Waals surface area contributed by atoms with Crippen molar-refractivity contribution in [2.45, 2.75) is 9.92 Å². The van der Waals surface area contributed by atoms with E-state index >= 15 is 0 Å². The lowest BCUT2D eigenvalue weighted by molar-refractivity contribution is 0.346. The summed E-state index contributed by atoms with van der Waals surface area (Å²) >= 11 is 0. The third-order valence-electron chi connectivity index (χ3n) is 2.52. The molecule has 0 aliphatic rings. The summed E-state index contributed by atoms with van der Waals surface area (Å²) in [6.07, 6.45) is 0. The number of hydrogen-bond acceptors (Lipinski definition) is 7. The number of benzene rings is 1. The van der Waals surface area contributed by atoms with E-state index in [2.05, 4.69) is 9.97 Å². The molecule has 0 saturated heterocycles. The number of methoxy groups -OCH3 is 2. The van der Waals surface area contributed by atoms with Crippen LogP contribution in [0, 0.1) is 0 Å². The second-order valence-electron chi connectivity index (χ2n) is 3.81. The molecule has 0 atom stereocenters. The van der Waals surface area contributed by atoms with Crippen molar-refractivity contribution in [2.24, 2.45) is 0 Å². The first-order chi connectivity index (χ1) is 9.47. The van der Waals surface area contributed by atoms with E-state index in [4.69, 9.17) is 15.2 Å². The molecule has 0 aliphatic carbocycles. The minimum Gasteiger partial charge on any atom is -0.481 e. The Bertz CT molecular complexity index is 692. The van der Waals surface area contributed by atoms with Gasteiger partial charge in [-0.25, -0.2) is 8.42 Å². The smallest absolute Gasteiger partial charge is 0.320 e. The summed E-state index contributed by atoms with van der Waals surface area (Å²) in [5, 5.41) is -0.203. The molecule has 2 rings (SSSR count). The van der Waals surface area contributed by atoms with Crippen LogP contribution in [0.5, 0.6) is 11.9 Å². The van der Waals surface area contributed by atoms with Crippen molar-refractivity contribution >= 4 is 15.5 Å². The zero-order valence-corrected chi connectivity index (χ0v) is 11.7. The lowest BCUT2D eigenvalue weighted by atomic mass is 10.3. The number of nitrogens with two attached hydrogens (primary N) is 1. The third kappa shape index (κ3) is 2.64. The van der Waals surface area contributed by atoms with E-state index in [1.54, 1.807) is 0 Å². The van der Waals surface area contributed by atoms with Crippen molar-refractivity contribution in [3.05, 3.63) is 30.3 Å². The van der Waals surface area contributed by atoms with Crippen LogP contribution in [0.3, 0.4) is 0 Å². The fourth-order valence-electron chi connectivity index (χ4n) is 1.48. The summed E-state index contributed by atoms with van der Waals surface area (Å²) in [5.74, 6) is 0.103. The molecule has 1 aromatic heterocycles. The Morgan fingerprint density at radius 2 is 1.70 bits per heavy atom. The molecule has 7 nitrogen and oxygen atoms in total. The van der Waals surface area contributed by atoms with Gasteiger partial charge in [-0.2, -0.15) is 9.97 Å². The van der Waals surface area contributed by atoms with Crippen LogP contribution < -0.4 is 15.2 Å². The fourth-order valence-corrected chi connectivity index (χ4v) is 2.68. The maximum absolute atomic E-state index is 12.4. The summed E-state index contributed by atoms with van der Waals surface area (Å²) in [7, 11) is -1.07. The number of nitrogen functional groups attached to an aromatic ring is 1. The Labute approximate surface area is 116 Å². The number of hydrogen-bond donors (Lipinski definition) is 1. The van der Waals surface area contributed by atoms with Crippen LogP contribution >= 0.6 is 0 Å². The molecule has 8 heteroatoms. The molecule has 0 amide bonds. The molecule has 2 N–H and O–H groups in total. The van der Waals surface area contributed by atoms with Crippen molar-refractivity contribution in [1.82, 2.24) is 9.97 Å². The van der Waals surface area contributed by atoms with Gasteiger partial charge in [0, 0.05) is 11.8 Å². The van der Waals surface area contributed by atoms with Gasteiger partial charge < -0.3 is 15.2 Å². The molecular formula is C12H13N3O4S. The van der Waals surface area contributed by atoms with Gasteiger partial charge in [0.15, 0.2) is 5.03 Å². The minimum absolute atomic E-state index is 0.0782. The number of ether oxygens (including phenoxy) is 2. The molecule has 0 spiro atoms. The van der Waals surface area contributed by atoms with Gasteiger partial charge in [0.2, 0.25) is 15.7 Å². The Morgan fingerprint density at radius 1 is 1.05 bits per heavy atom. The largest absolute Gasteiger partial charge is 0.481 e. The third-order valence-corrected chi connectivity index (χ3v) is 4.17. The molecular weight excluding hydrogens is 282 g/mol. The number of sulfone groups is 1. The van der Waals surface area contributed by atoms with Crippen LogP contribution in [-0.2, 0) is 9.84 Å². The van der Waals surface area contributed by atoms with E-state index in [0.29, 0.717) is 5.69 Å². The van der Waals surface area contributed by atoms with E-state index in [-0.39, 0.29) is 21.8 Å². The minimum atomic E-state index is -3.79. The highest BCUT2D eigenvalue weighted by molar-refractivity contribution is 7.91. The number of anilines is 1. The van der Waals surface area contributed by atoms with Crippen molar-refractivity contribution in [2.75, 3.05) is 20.0 Å². The first-order valence-corrected chi connectivity index (χ1v) is 7.03. The van der Waals surface area contributed by atoms with Gasteiger partial charge in [-0.3, -0.25) is 0 Å². The maximum Gasteiger partial charge on any atom is 0.320 e. The van der Waals surface area contributed by atoms with E-state index in [0.717, 1.165) is 0 Å². The lowest BCUT2D eigenvalue weighted by Gasteiger charge is -2.07. The van der Waals surface area contributed by atoms with Gasteiger partial charge in [0.1, 0.15) is 0 Å². The molecule has 0 unspecified atom stereocenters. The summed E-state index contributed by atoms with van der Waals surface area (Å²) in [6, 6.07) is 6.97. The van der Waals surface area contributed by atoms with Gasteiger partial charge in [0.05, 0.1) is 19.1 Å². The van der Waals surface area contributed by atoms with Crippen LogP contribution in [0.25, 0.3) is 0 Å². The Hall–Kier alpha value is -2.35. The summed E-state index contributed by atoms with van der Waals surface area (Å²) in [5.41, 5.74) is 6.01. The predicted octanol–water partition coefficient (Wildman–Crippen LogP) is 0.909. The highest BCUT2D eigenvalue weighted by Crippen LogP contribution is 2.24. The first kappa shape index (κ1) is 14.1. The Balaban J connectivity index is 2.56. The molecule has 106 valence electrons. The fraction of sp³-hybridized carbons (Fsp3) is 0.167. The highest BCUT2D eigenvalue weighted by Gasteiger charge is 2.22. The SMILES string of the molecule is COc1cc(S(=O)(=O)c2ccc(N)cc2)nc(OC)n1. The highest BCUT2D eigenvalue weighted by atomic mass is 32.2. The van der Waals surface area contributed by atoms with E-state index < -0.39 is 9.84 Å². The Morgan fingerprint density at radius 3 is 2.25 bits per heavy atom. The number of aromatic nitrogens is 2. The van der Waals surface area contributed by atoms with Crippen molar-refractivity contribution in [1.29, 1.82) is 0 Å². The van der Waals surface area contributed by atoms with Crippen LogP contribution in [0.2, 0.25) is 0 Å². The molecule has 0 saturated carbocycles. The van der Waals surface area contributed by atoms with E-state index in [9.17, 15) is 8.42 Å². The van der Waals surface area contributed by atoms with Crippen LogP contribution in [0.4, 0.5) is 5.69 Å². The monoisotopic (exact) mass is 295 g/mol. The van der Waals surface area contributed by atoms with Gasteiger partial charge >= 0.3 is 6.01 Å². The average molecular weight is 295 g/mol. The topological polar surface area (TPSA) is 104 Å². The molecule has 0 bridgehead atoms. The maximum atomic E-state index is 12.4. The normalized spacial score (nSPS) is 11.1. The lowest BCUT2D eigenvalue weighted by Crippen LogP contribution is -2.07. The average Bonchev–Trinajstić information content (AvgIpc) is 2.47. The number of rotatable bonds is 4. The van der Waals surface area contributed by atoms with E-state index in [1.165, 1.54) is 44.6 Å². The Kier molecular flexibility index (Phi) is 3.75. The molecule has 0 radical (unpaired) electrons. The molecule has 20 heavy (non-hydrogen) atoms. The van der Waals surface area contributed by atoms with Crippen molar-refractivity contribution in [3.63, 3.8) is 0 Å². The predicted molar refractivity (Wildman–Crippen MR) is 71.4 cm³/mol. The molecule has 0 fully saturated rings. The first-order valence-electron chi connectivity index (χ1n) is 5.55. The standard InChI is InChI=1S/C12H13N3O4S/c1-18-10-7-11(15-12(14-10)19-2)20(16,17)9-5-3-8(13)4-6-9/h3-7H,13H2,1-2H3. The molecule has 1 heterocycles. The summed E-state index contributed by atoms with van der Waals surface area (Å²) in [4.78, 5) is 7.77. The second kappa shape index (κ2) is 5.33. The summed E-state index contributed by atoms with van der Waals surface area (Å²) in [6.45, 7) is 0. The van der Waals surface area contributed by atoms with Crippen LogP contribution in [0.1, 0.15) is 0 Å². The van der Waals surface area contributed by atoms with Crippen molar-refractivity contribution in [3.8, 4) is 11.9 Å². The van der Waals surface area contributed by atoms with Gasteiger partial charge in [-0.1, -0.05) is 0 Å². The van der Waals surface area contributed by atoms with Gasteiger partial charge in [-0.15, -0.1) is 0 Å². The summed E-state index contributed by atoms with van der Waals surface area (Å²) < 4.78 is 34.7. The quantitative estimate of drug-likeness (QED) is 0.660.